The van der Waals surface area contributed by atoms with Crippen molar-refractivity contribution >= 4 is 29.2 Å². The van der Waals surface area contributed by atoms with Crippen LogP contribution in [-0.2, 0) is 4.79 Å². The van der Waals surface area contributed by atoms with Gasteiger partial charge >= 0.3 is 6.03 Å². The Balaban J connectivity index is 1.82. The molecule has 0 aromatic heterocycles. The van der Waals surface area contributed by atoms with E-state index < -0.39 is 0 Å². The molecule has 0 unspecified atom stereocenters. The van der Waals surface area contributed by atoms with Crippen molar-refractivity contribution in [3.63, 3.8) is 0 Å². The maximum atomic E-state index is 12.1. The molecule has 20 heavy (non-hydrogen) atoms. The van der Waals surface area contributed by atoms with Crippen LogP contribution in [0.5, 0.6) is 0 Å². The van der Waals surface area contributed by atoms with E-state index >= 15 is 0 Å². The number of carbonyl (C=O) groups is 2. The summed E-state index contributed by atoms with van der Waals surface area (Å²) in [4.78, 5) is 25.8. The molecule has 1 saturated heterocycles. The molecule has 7 heteroatoms. The highest BCUT2D eigenvalue weighted by Gasteiger charge is 2.24. The minimum atomic E-state index is -0.306. The number of benzene rings is 1. The zero-order chi connectivity index (χ0) is 14.5. The number of amides is 3. The van der Waals surface area contributed by atoms with E-state index in [4.69, 9.17) is 17.3 Å². The summed E-state index contributed by atoms with van der Waals surface area (Å²) in [6, 6.07) is 6.84. The molecule has 0 bridgehead atoms. The number of nitrogens with two attached hydrogens (primary N) is 1. The summed E-state index contributed by atoms with van der Waals surface area (Å²) in [6.07, 6.45) is 0. The Kier molecular flexibility index (Phi) is 4.81. The van der Waals surface area contributed by atoms with Crippen molar-refractivity contribution in [3.8, 4) is 0 Å². The third-order valence-corrected chi connectivity index (χ3v) is 3.53. The van der Waals surface area contributed by atoms with Crippen molar-refractivity contribution in [2.45, 2.75) is 0 Å². The number of quaternary nitrogens is 1. The quantitative estimate of drug-likeness (QED) is 0.707. The fraction of sp³-hybridized carbons (Fsp3) is 0.385. The highest BCUT2D eigenvalue weighted by molar-refractivity contribution is 6.30. The molecule has 3 amide bonds. The maximum Gasteiger partial charge on any atom is 0.322 e. The van der Waals surface area contributed by atoms with Crippen molar-refractivity contribution in [3.05, 3.63) is 29.3 Å². The normalized spacial score (nSPS) is 15.9. The fourth-order valence-electron chi connectivity index (χ4n) is 2.18. The molecule has 1 heterocycles. The topological polar surface area (TPSA) is 79.9 Å². The molecular formula is C13H18ClN4O2+. The van der Waals surface area contributed by atoms with E-state index in [1.807, 2.05) is 0 Å². The van der Waals surface area contributed by atoms with Crippen LogP contribution in [-0.4, -0.2) is 49.6 Å². The Morgan fingerprint density at radius 1 is 1.25 bits per heavy atom. The lowest BCUT2D eigenvalue weighted by atomic mass is 10.3. The first kappa shape index (κ1) is 14.6. The van der Waals surface area contributed by atoms with Gasteiger partial charge in [-0.25, -0.2) is 4.79 Å². The smallest absolute Gasteiger partial charge is 0.322 e. The first-order valence-corrected chi connectivity index (χ1v) is 6.86. The molecule has 0 atom stereocenters. The maximum absolute atomic E-state index is 12.1. The Morgan fingerprint density at radius 2 is 1.85 bits per heavy atom. The van der Waals surface area contributed by atoms with Gasteiger partial charge in [-0.1, -0.05) is 11.6 Å². The number of piperazine rings is 1. The number of hydrogen-bond acceptors (Lipinski definition) is 2. The minimum Gasteiger partial charge on any atom is -0.365 e. The van der Waals surface area contributed by atoms with E-state index in [-0.39, 0.29) is 11.9 Å². The van der Waals surface area contributed by atoms with Gasteiger partial charge in [-0.05, 0) is 24.3 Å². The van der Waals surface area contributed by atoms with E-state index in [9.17, 15) is 9.59 Å². The van der Waals surface area contributed by atoms with Crippen molar-refractivity contribution in [2.24, 2.45) is 5.73 Å². The molecule has 4 N–H and O–H groups in total. The number of nitrogens with one attached hydrogen (secondary N) is 2. The second kappa shape index (κ2) is 6.58. The molecule has 2 rings (SSSR count). The SMILES string of the molecule is NC(=O)C[NH+]1CCN(C(=O)Nc2ccc(Cl)cc2)CC1. The van der Waals surface area contributed by atoms with Crippen molar-refractivity contribution in [1.82, 2.24) is 4.90 Å². The largest absolute Gasteiger partial charge is 0.365 e. The monoisotopic (exact) mass is 297 g/mol. The molecule has 1 aromatic rings. The Hall–Kier alpha value is -1.79. The van der Waals surface area contributed by atoms with Gasteiger partial charge in [0, 0.05) is 10.7 Å². The van der Waals surface area contributed by atoms with Gasteiger partial charge < -0.3 is 20.9 Å². The second-order valence-corrected chi connectivity index (χ2v) is 5.25. The van der Waals surface area contributed by atoms with Crippen LogP contribution >= 0.6 is 11.6 Å². The van der Waals surface area contributed by atoms with E-state index in [0.29, 0.717) is 30.3 Å². The number of urea groups is 1. The van der Waals surface area contributed by atoms with Crippen molar-refractivity contribution < 1.29 is 14.5 Å². The predicted molar refractivity (Wildman–Crippen MR) is 76.8 cm³/mol. The third-order valence-electron chi connectivity index (χ3n) is 3.28. The van der Waals surface area contributed by atoms with Gasteiger partial charge in [0.25, 0.3) is 5.91 Å². The van der Waals surface area contributed by atoms with Crippen LogP contribution in [0.2, 0.25) is 5.02 Å². The second-order valence-electron chi connectivity index (χ2n) is 4.82. The molecule has 0 saturated carbocycles. The Bertz CT molecular complexity index is 484. The number of primary amides is 1. The van der Waals surface area contributed by atoms with Gasteiger partial charge in [-0.15, -0.1) is 0 Å². The summed E-state index contributed by atoms with van der Waals surface area (Å²) in [5.41, 5.74) is 5.88. The average Bonchev–Trinajstić information content (AvgIpc) is 2.41. The molecule has 0 radical (unpaired) electrons. The molecule has 1 fully saturated rings. The fourth-order valence-corrected chi connectivity index (χ4v) is 2.31. The number of anilines is 1. The number of nitrogens with zero attached hydrogens (tertiary/aromatic N) is 1. The van der Waals surface area contributed by atoms with Crippen molar-refractivity contribution in [2.75, 3.05) is 38.0 Å². The third kappa shape index (κ3) is 4.11. The summed E-state index contributed by atoms with van der Waals surface area (Å²) < 4.78 is 0. The zero-order valence-corrected chi connectivity index (χ0v) is 11.8. The van der Waals surface area contributed by atoms with E-state index in [1.54, 1.807) is 29.2 Å². The van der Waals surface area contributed by atoms with Gasteiger partial charge in [0.05, 0.1) is 26.2 Å². The molecular weight excluding hydrogens is 280 g/mol. The summed E-state index contributed by atoms with van der Waals surface area (Å²) in [5, 5.41) is 3.45. The number of halogens is 1. The first-order valence-electron chi connectivity index (χ1n) is 6.48. The van der Waals surface area contributed by atoms with Crippen LogP contribution in [0.3, 0.4) is 0 Å². The summed E-state index contributed by atoms with van der Waals surface area (Å²) >= 11 is 5.79. The first-order chi connectivity index (χ1) is 9.54. The van der Waals surface area contributed by atoms with Gasteiger partial charge in [0.15, 0.2) is 6.54 Å². The predicted octanol–water partition coefficient (Wildman–Crippen LogP) is -0.442. The van der Waals surface area contributed by atoms with Gasteiger partial charge in [0.1, 0.15) is 0 Å². The standard InChI is InChI=1S/C13H17ClN4O2/c14-10-1-3-11(4-2-10)16-13(20)18-7-5-17(6-8-18)9-12(15)19/h1-4H,5-9H2,(H2,15,19)(H,16,20)/p+1. The minimum absolute atomic E-state index is 0.134. The van der Waals surface area contributed by atoms with Crippen LogP contribution in [0.4, 0.5) is 10.5 Å². The Labute approximate surface area is 122 Å². The van der Waals surface area contributed by atoms with Gasteiger partial charge in [-0.3, -0.25) is 4.79 Å². The van der Waals surface area contributed by atoms with Crippen LogP contribution in [0.25, 0.3) is 0 Å². The van der Waals surface area contributed by atoms with E-state index in [0.717, 1.165) is 18.0 Å². The lowest BCUT2D eigenvalue weighted by Gasteiger charge is -2.31. The zero-order valence-electron chi connectivity index (χ0n) is 11.1. The molecule has 1 aliphatic rings. The summed E-state index contributed by atoms with van der Waals surface area (Å²) in [6.45, 7) is 3.02. The van der Waals surface area contributed by atoms with E-state index in [2.05, 4.69) is 5.32 Å². The lowest BCUT2D eigenvalue weighted by Crippen LogP contribution is -3.15. The number of hydrogen-bond donors (Lipinski definition) is 3. The van der Waals surface area contributed by atoms with Crippen molar-refractivity contribution in [1.29, 1.82) is 0 Å². The number of rotatable bonds is 3. The molecule has 108 valence electrons. The van der Waals surface area contributed by atoms with Crippen LogP contribution in [0, 0.1) is 0 Å². The lowest BCUT2D eigenvalue weighted by molar-refractivity contribution is -0.895. The summed E-state index contributed by atoms with van der Waals surface area (Å²) in [5.74, 6) is -0.306. The van der Waals surface area contributed by atoms with Crippen LogP contribution < -0.4 is 16.0 Å². The number of carbonyl (C=O) groups excluding carboxylic acids is 2. The van der Waals surface area contributed by atoms with Crippen LogP contribution in [0.15, 0.2) is 24.3 Å². The highest BCUT2D eigenvalue weighted by atomic mass is 35.5. The van der Waals surface area contributed by atoms with Gasteiger partial charge in [-0.2, -0.15) is 0 Å². The molecule has 6 nitrogen and oxygen atoms in total. The average molecular weight is 298 g/mol. The summed E-state index contributed by atoms with van der Waals surface area (Å²) in [7, 11) is 0. The molecule has 0 aliphatic carbocycles. The van der Waals surface area contributed by atoms with Gasteiger partial charge in [0.2, 0.25) is 0 Å². The van der Waals surface area contributed by atoms with Crippen LogP contribution in [0.1, 0.15) is 0 Å². The van der Waals surface area contributed by atoms with E-state index in [1.165, 1.54) is 0 Å². The molecule has 1 aliphatic heterocycles. The highest BCUT2D eigenvalue weighted by Crippen LogP contribution is 2.13. The molecule has 1 aromatic carbocycles. The molecule has 0 spiro atoms. The Morgan fingerprint density at radius 3 is 2.40 bits per heavy atom.